The van der Waals surface area contributed by atoms with Crippen molar-refractivity contribution in [3.05, 3.63) is 36.0 Å². The van der Waals surface area contributed by atoms with Gasteiger partial charge in [-0.05, 0) is 24.8 Å². The number of aryl methyl sites for hydroxylation is 1. The lowest BCUT2D eigenvalue weighted by Crippen LogP contribution is -2.28. The number of aromatic nitrogens is 3. The molecule has 0 aliphatic carbocycles. The van der Waals surface area contributed by atoms with Gasteiger partial charge in [0.25, 0.3) is 0 Å². The van der Waals surface area contributed by atoms with Crippen LogP contribution in [-0.2, 0) is 11.3 Å². The average Bonchev–Trinajstić information content (AvgIpc) is 2.94. The van der Waals surface area contributed by atoms with Gasteiger partial charge in [-0.15, -0.1) is 5.10 Å². The fourth-order valence-corrected chi connectivity index (χ4v) is 2.50. The van der Waals surface area contributed by atoms with Crippen LogP contribution >= 0.6 is 0 Å². The minimum Gasteiger partial charge on any atom is -0.380 e. The van der Waals surface area contributed by atoms with Gasteiger partial charge in [0, 0.05) is 17.5 Å². The first-order chi connectivity index (χ1) is 11.2. The van der Waals surface area contributed by atoms with Crippen molar-refractivity contribution in [1.82, 2.24) is 15.0 Å². The maximum Gasteiger partial charge on any atom is 0.113 e. The summed E-state index contributed by atoms with van der Waals surface area (Å²) in [5.41, 5.74) is 3.51. The van der Waals surface area contributed by atoms with Crippen LogP contribution in [0.2, 0.25) is 0 Å². The van der Waals surface area contributed by atoms with E-state index in [-0.39, 0.29) is 10.8 Å². The van der Waals surface area contributed by atoms with Crippen LogP contribution in [0.1, 0.15) is 46.6 Å². The number of nitrogens with zero attached hydrogens (tertiary/aromatic N) is 3. The van der Waals surface area contributed by atoms with E-state index in [1.807, 2.05) is 10.9 Å². The Bertz CT molecular complexity index is 658. The molecule has 0 spiro atoms. The Morgan fingerprint density at radius 1 is 1.08 bits per heavy atom. The Morgan fingerprint density at radius 2 is 1.79 bits per heavy atom. The molecule has 0 amide bonds. The number of benzene rings is 1. The van der Waals surface area contributed by atoms with E-state index in [4.69, 9.17) is 4.74 Å². The van der Waals surface area contributed by atoms with Gasteiger partial charge in [-0.3, -0.25) is 4.68 Å². The topological polar surface area (TPSA) is 39.9 Å². The lowest BCUT2D eigenvalue weighted by molar-refractivity contribution is 0.00702. The molecule has 0 fully saturated rings. The molecule has 2 aromatic rings. The van der Waals surface area contributed by atoms with E-state index in [9.17, 15) is 0 Å². The Kier molecular flexibility index (Phi) is 5.81. The highest BCUT2D eigenvalue weighted by molar-refractivity contribution is 5.58. The number of ether oxygens (including phenoxy) is 1. The van der Waals surface area contributed by atoms with Crippen molar-refractivity contribution in [2.45, 2.75) is 54.5 Å². The quantitative estimate of drug-likeness (QED) is 0.703. The molecule has 24 heavy (non-hydrogen) atoms. The summed E-state index contributed by atoms with van der Waals surface area (Å²) in [6, 6.07) is 8.35. The van der Waals surface area contributed by atoms with E-state index in [0.29, 0.717) is 0 Å². The minimum atomic E-state index is 0.0153. The van der Waals surface area contributed by atoms with Crippen molar-refractivity contribution in [2.75, 3.05) is 13.2 Å². The molecule has 0 aliphatic rings. The largest absolute Gasteiger partial charge is 0.380 e. The summed E-state index contributed by atoms with van der Waals surface area (Å²) in [5.74, 6) is 0. The molecule has 0 aliphatic heterocycles. The van der Waals surface area contributed by atoms with Gasteiger partial charge in [-0.2, -0.15) is 0 Å². The van der Waals surface area contributed by atoms with Crippen LogP contribution in [0.25, 0.3) is 11.3 Å². The van der Waals surface area contributed by atoms with Crippen LogP contribution in [0.3, 0.4) is 0 Å². The molecule has 132 valence electrons. The molecule has 2 rings (SSSR count). The third-order valence-electron chi connectivity index (χ3n) is 4.39. The molecule has 4 heteroatoms. The van der Waals surface area contributed by atoms with Gasteiger partial charge >= 0.3 is 0 Å². The molecule has 0 saturated heterocycles. The summed E-state index contributed by atoms with van der Waals surface area (Å²) in [6.45, 7) is 15.5. The van der Waals surface area contributed by atoms with Gasteiger partial charge in [-0.1, -0.05) is 63.6 Å². The highest BCUT2D eigenvalue weighted by Crippen LogP contribution is 2.24. The SMILES string of the molecule is CCC(C)(C)COCC(C)(C)Cn1cc(-c2cccc(C)c2)nn1. The van der Waals surface area contributed by atoms with Crippen molar-refractivity contribution in [1.29, 1.82) is 0 Å². The summed E-state index contributed by atoms with van der Waals surface area (Å²) in [5, 5.41) is 8.61. The third kappa shape index (κ3) is 5.45. The first-order valence-corrected chi connectivity index (χ1v) is 8.76. The van der Waals surface area contributed by atoms with Crippen molar-refractivity contribution in [3.63, 3.8) is 0 Å². The summed E-state index contributed by atoms with van der Waals surface area (Å²) < 4.78 is 7.89. The molecule has 0 radical (unpaired) electrons. The first-order valence-electron chi connectivity index (χ1n) is 8.76. The van der Waals surface area contributed by atoms with Crippen LogP contribution < -0.4 is 0 Å². The zero-order valence-corrected chi connectivity index (χ0v) is 16.0. The van der Waals surface area contributed by atoms with Gasteiger partial charge in [0.05, 0.1) is 19.4 Å². The predicted octanol–water partition coefficient (Wildman–Crippen LogP) is 4.73. The van der Waals surface area contributed by atoms with Gasteiger partial charge in [0.2, 0.25) is 0 Å². The van der Waals surface area contributed by atoms with E-state index in [2.05, 4.69) is 76.1 Å². The first kappa shape index (κ1) is 18.7. The van der Waals surface area contributed by atoms with E-state index >= 15 is 0 Å². The Balaban J connectivity index is 1.95. The second-order valence-corrected chi connectivity index (χ2v) is 8.35. The van der Waals surface area contributed by atoms with Crippen molar-refractivity contribution < 1.29 is 4.74 Å². The molecule has 0 atom stereocenters. The van der Waals surface area contributed by atoms with Crippen molar-refractivity contribution in [2.24, 2.45) is 10.8 Å². The van der Waals surface area contributed by atoms with Gasteiger partial charge in [0.15, 0.2) is 0 Å². The number of hydrogen-bond donors (Lipinski definition) is 0. The molecule has 0 bridgehead atoms. The maximum absolute atomic E-state index is 5.97. The second-order valence-electron chi connectivity index (χ2n) is 8.35. The molecular weight excluding hydrogens is 298 g/mol. The van der Waals surface area contributed by atoms with Gasteiger partial charge in [0.1, 0.15) is 5.69 Å². The van der Waals surface area contributed by atoms with E-state index in [1.54, 1.807) is 0 Å². The Labute approximate surface area is 146 Å². The Hall–Kier alpha value is -1.68. The summed E-state index contributed by atoms with van der Waals surface area (Å²) in [7, 11) is 0. The smallest absolute Gasteiger partial charge is 0.113 e. The van der Waals surface area contributed by atoms with Crippen LogP contribution in [0.15, 0.2) is 30.5 Å². The summed E-state index contributed by atoms with van der Waals surface area (Å²) in [4.78, 5) is 0. The van der Waals surface area contributed by atoms with Gasteiger partial charge < -0.3 is 4.74 Å². The lowest BCUT2D eigenvalue weighted by Gasteiger charge is -2.28. The van der Waals surface area contributed by atoms with Crippen LogP contribution in [0.5, 0.6) is 0 Å². The van der Waals surface area contributed by atoms with Crippen LogP contribution in [0.4, 0.5) is 0 Å². The highest BCUT2D eigenvalue weighted by Gasteiger charge is 2.22. The second kappa shape index (κ2) is 7.47. The van der Waals surface area contributed by atoms with E-state index < -0.39 is 0 Å². The monoisotopic (exact) mass is 329 g/mol. The Morgan fingerprint density at radius 3 is 2.46 bits per heavy atom. The maximum atomic E-state index is 5.97. The van der Waals surface area contributed by atoms with Crippen LogP contribution in [-0.4, -0.2) is 28.2 Å². The molecule has 0 unspecified atom stereocenters. The third-order valence-corrected chi connectivity index (χ3v) is 4.39. The normalized spacial score (nSPS) is 12.6. The fraction of sp³-hybridized carbons (Fsp3) is 0.600. The molecular formula is C20H31N3O. The molecule has 0 saturated carbocycles. The minimum absolute atomic E-state index is 0.0153. The van der Waals surface area contributed by atoms with E-state index in [0.717, 1.165) is 37.4 Å². The number of rotatable bonds is 8. The zero-order valence-electron chi connectivity index (χ0n) is 16.0. The summed E-state index contributed by atoms with van der Waals surface area (Å²) in [6.07, 6.45) is 3.14. The molecule has 1 aromatic carbocycles. The summed E-state index contributed by atoms with van der Waals surface area (Å²) >= 11 is 0. The number of hydrogen-bond acceptors (Lipinski definition) is 3. The van der Waals surface area contributed by atoms with Crippen molar-refractivity contribution in [3.8, 4) is 11.3 Å². The lowest BCUT2D eigenvalue weighted by atomic mass is 9.91. The van der Waals surface area contributed by atoms with E-state index in [1.165, 1.54) is 5.56 Å². The highest BCUT2D eigenvalue weighted by atomic mass is 16.5. The standard InChI is InChI=1S/C20H31N3O/c1-7-19(3,4)14-24-15-20(5,6)13-23-12-18(21-22-23)17-10-8-9-16(2)11-17/h8-12H,7,13-15H2,1-6H3. The molecule has 1 heterocycles. The average molecular weight is 329 g/mol. The molecule has 1 aromatic heterocycles. The predicted molar refractivity (Wildman–Crippen MR) is 98.9 cm³/mol. The molecule has 4 nitrogen and oxygen atoms in total. The fourth-order valence-electron chi connectivity index (χ4n) is 2.50. The zero-order chi connectivity index (χ0) is 17.8. The van der Waals surface area contributed by atoms with Crippen molar-refractivity contribution >= 4 is 0 Å². The van der Waals surface area contributed by atoms with Crippen LogP contribution in [0, 0.1) is 17.8 Å². The molecule has 0 N–H and O–H groups in total. The van der Waals surface area contributed by atoms with Gasteiger partial charge in [-0.25, -0.2) is 0 Å².